The lowest BCUT2D eigenvalue weighted by atomic mass is 10.2. The summed E-state index contributed by atoms with van der Waals surface area (Å²) in [6.45, 7) is 3.39. The molecule has 0 radical (unpaired) electrons. The molecule has 4 heteroatoms. The number of nitrogens with zero attached hydrogens (tertiary/aromatic N) is 3. The van der Waals surface area contributed by atoms with E-state index in [1.165, 1.54) is 0 Å². The molecule has 0 atom stereocenters. The van der Waals surface area contributed by atoms with Crippen LogP contribution >= 0.6 is 0 Å². The molecular formula is C11H14N4. The lowest BCUT2D eigenvalue weighted by Gasteiger charge is -1.99. The second-order valence-electron chi connectivity index (χ2n) is 3.26. The minimum atomic E-state index is 0.508. The lowest BCUT2D eigenvalue weighted by molar-refractivity contribution is 0.624. The molecule has 0 aliphatic rings. The van der Waals surface area contributed by atoms with E-state index in [9.17, 15) is 0 Å². The van der Waals surface area contributed by atoms with Crippen LogP contribution in [-0.4, -0.2) is 14.8 Å². The van der Waals surface area contributed by atoms with E-state index < -0.39 is 0 Å². The number of hydrogen-bond acceptors (Lipinski definition) is 3. The third-order valence-corrected chi connectivity index (χ3v) is 2.30. The first kappa shape index (κ1) is 9.86. The summed E-state index contributed by atoms with van der Waals surface area (Å²) in [7, 11) is 0. The average molecular weight is 202 g/mol. The number of hydrogen-bond donors (Lipinski definition) is 1. The molecule has 0 aliphatic heterocycles. The topological polar surface area (TPSA) is 56.7 Å². The Bertz CT molecular complexity index is 412. The van der Waals surface area contributed by atoms with Gasteiger partial charge in [-0.2, -0.15) is 5.10 Å². The minimum absolute atomic E-state index is 0.508. The molecule has 0 saturated carbocycles. The van der Waals surface area contributed by atoms with Crippen molar-refractivity contribution < 1.29 is 0 Å². The zero-order valence-corrected chi connectivity index (χ0v) is 8.72. The molecule has 0 aromatic carbocycles. The maximum atomic E-state index is 5.64. The predicted molar refractivity (Wildman–Crippen MR) is 59.0 cm³/mol. The molecule has 0 amide bonds. The molecule has 0 unspecified atom stereocenters. The average Bonchev–Trinajstić information content (AvgIpc) is 2.73. The number of aromatic nitrogens is 3. The van der Waals surface area contributed by atoms with E-state index in [-0.39, 0.29) is 0 Å². The van der Waals surface area contributed by atoms with Crippen molar-refractivity contribution in [1.82, 2.24) is 14.8 Å². The highest BCUT2D eigenvalue weighted by Gasteiger charge is 2.07. The van der Waals surface area contributed by atoms with Gasteiger partial charge in [0.05, 0.1) is 11.4 Å². The molecule has 2 heterocycles. The maximum Gasteiger partial charge on any atom is 0.111 e. The third-order valence-electron chi connectivity index (χ3n) is 2.30. The molecule has 0 aliphatic carbocycles. The third kappa shape index (κ3) is 1.89. The summed E-state index contributed by atoms with van der Waals surface area (Å²) in [5, 5.41) is 4.44. The molecule has 2 aromatic rings. The molecule has 0 fully saturated rings. The minimum Gasteiger partial charge on any atom is -0.325 e. The van der Waals surface area contributed by atoms with Crippen LogP contribution < -0.4 is 5.73 Å². The lowest BCUT2D eigenvalue weighted by Crippen LogP contribution is -2.06. The van der Waals surface area contributed by atoms with Gasteiger partial charge in [-0.05, 0) is 25.1 Å². The van der Waals surface area contributed by atoms with Crippen molar-refractivity contribution in [2.24, 2.45) is 5.73 Å². The highest BCUT2D eigenvalue weighted by atomic mass is 15.3. The van der Waals surface area contributed by atoms with Gasteiger partial charge in [-0.15, -0.1) is 0 Å². The Labute approximate surface area is 88.8 Å². The van der Waals surface area contributed by atoms with Crippen LogP contribution in [0.3, 0.4) is 0 Å². The van der Waals surface area contributed by atoms with Crippen LogP contribution in [0.4, 0.5) is 0 Å². The second kappa shape index (κ2) is 4.23. The van der Waals surface area contributed by atoms with Crippen LogP contribution in [0.2, 0.25) is 0 Å². The SMILES string of the molecule is CCn1nc(-c2ccccn2)cc1CN. The fourth-order valence-electron chi connectivity index (χ4n) is 1.53. The van der Waals surface area contributed by atoms with Crippen molar-refractivity contribution in [3.63, 3.8) is 0 Å². The highest BCUT2D eigenvalue weighted by Crippen LogP contribution is 2.15. The van der Waals surface area contributed by atoms with E-state index in [0.29, 0.717) is 6.54 Å². The summed E-state index contributed by atoms with van der Waals surface area (Å²) < 4.78 is 1.91. The van der Waals surface area contributed by atoms with Gasteiger partial charge >= 0.3 is 0 Å². The number of rotatable bonds is 3. The van der Waals surface area contributed by atoms with E-state index in [0.717, 1.165) is 23.6 Å². The van der Waals surface area contributed by atoms with Crippen molar-refractivity contribution in [1.29, 1.82) is 0 Å². The fraction of sp³-hybridized carbons (Fsp3) is 0.273. The van der Waals surface area contributed by atoms with Gasteiger partial charge in [0.2, 0.25) is 0 Å². The van der Waals surface area contributed by atoms with Crippen molar-refractivity contribution in [2.75, 3.05) is 0 Å². The first-order chi connectivity index (χ1) is 7.35. The summed E-state index contributed by atoms with van der Waals surface area (Å²) in [5.41, 5.74) is 8.45. The molecule has 15 heavy (non-hydrogen) atoms. The van der Waals surface area contributed by atoms with Crippen molar-refractivity contribution in [2.45, 2.75) is 20.0 Å². The second-order valence-corrected chi connectivity index (χ2v) is 3.26. The van der Waals surface area contributed by atoms with Crippen LogP contribution in [0.25, 0.3) is 11.4 Å². The molecule has 2 rings (SSSR count). The summed E-state index contributed by atoms with van der Waals surface area (Å²) in [4.78, 5) is 4.26. The maximum absolute atomic E-state index is 5.64. The van der Waals surface area contributed by atoms with Gasteiger partial charge in [0.15, 0.2) is 0 Å². The van der Waals surface area contributed by atoms with Gasteiger partial charge in [-0.25, -0.2) is 0 Å². The van der Waals surface area contributed by atoms with Crippen LogP contribution in [-0.2, 0) is 13.1 Å². The van der Waals surface area contributed by atoms with Gasteiger partial charge in [0.25, 0.3) is 0 Å². The molecular weight excluding hydrogens is 188 g/mol. The van der Waals surface area contributed by atoms with E-state index in [1.54, 1.807) is 6.20 Å². The zero-order chi connectivity index (χ0) is 10.7. The normalized spacial score (nSPS) is 10.5. The molecule has 78 valence electrons. The Morgan fingerprint density at radius 2 is 2.20 bits per heavy atom. The Morgan fingerprint density at radius 3 is 2.73 bits per heavy atom. The Hall–Kier alpha value is -1.68. The first-order valence-electron chi connectivity index (χ1n) is 5.03. The smallest absolute Gasteiger partial charge is 0.111 e. The van der Waals surface area contributed by atoms with Crippen LogP contribution in [0.5, 0.6) is 0 Å². The summed E-state index contributed by atoms with van der Waals surface area (Å²) in [6, 6.07) is 7.79. The molecule has 2 aromatic heterocycles. The Kier molecular flexibility index (Phi) is 2.78. The summed E-state index contributed by atoms with van der Waals surface area (Å²) in [6.07, 6.45) is 1.77. The fourth-order valence-corrected chi connectivity index (χ4v) is 1.53. The summed E-state index contributed by atoms with van der Waals surface area (Å²) in [5.74, 6) is 0. The van der Waals surface area contributed by atoms with Crippen molar-refractivity contribution in [3.05, 3.63) is 36.2 Å². The van der Waals surface area contributed by atoms with E-state index in [2.05, 4.69) is 10.1 Å². The molecule has 0 bridgehead atoms. The largest absolute Gasteiger partial charge is 0.325 e. The number of pyridine rings is 1. The van der Waals surface area contributed by atoms with Gasteiger partial charge in [0, 0.05) is 19.3 Å². The van der Waals surface area contributed by atoms with Crippen LogP contribution in [0.15, 0.2) is 30.5 Å². The molecule has 4 nitrogen and oxygen atoms in total. The molecule has 0 spiro atoms. The monoisotopic (exact) mass is 202 g/mol. The first-order valence-corrected chi connectivity index (χ1v) is 5.03. The van der Waals surface area contributed by atoms with Crippen molar-refractivity contribution >= 4 is 0 Å². The Morgan fingerprint density at radius 1 is 1.33 bits per heavy atom. The van der Waals surface area contributed by atoms with E-state index >= 15 is 0 Å². The molecule has 0 saturated heterocycles. The summed E-state index contributed by atoms with van der Waals surface area (Å²) >= 11 is 0. The van der Waals surface area contributed by atoms with Crippen LogP contribution in [0, 0.1) is 0 Å². The standard InChI is InChI=1S/C11H14N4/c1-2-15-9(8-12)7-11(14-15)10-5-3-4-6-13-10/h3-7H,2,8,12H2,1H3. The Balaban J connectivity index is 2.42. The quantitative estimate of drug-likeness (QED) is 0.819. The van der Waals surface area contributed by atoms with E-state index in [1.807, 2.05) is 35.9 Å². The number of aryl methyl sites for hydroxylation is 1. The molecule has 2 N–H and O–H groups in total. The van der Waals surface area contributed by atoms with E-state index in [4.69, 9.17) is 5.73 Å². The van der Waals surface area contributed by atoms with Crippen LogP contribution in [0.1, 0.15) is 12.6 Å². The van der Waals surface area contributed by atoms with Gasteiger partial charge < -0.3 is 5.73 Å². The highest BCUT2D eigenvalue weighted by molar-refractivity contribution is 5.53. The van der Waals surface area contributed by atoms with Crippen molar-refractivity contribution in [3.8, 4) is 11.4 Å². The predicted octanol–water partition coefficient (Wildman–Crippen LogP) is 1.42. The van der Waals surface area contributed by atoms with Gasteiger partial charge in [-0.1, -0.05) is 6.07 Å². The van der Waals surface area contributed by atoms with Gasteiger partial charge in [0.1, 0.15) is 5.69 Å². The number of nitrogens with two attached hydrogens (primary N) is 1. The zero-order valence-electron chi connectivity index (χ0n) is 8.72. The van der Waals surface area contributed by atoms with Gasteiger partial charge in [-0.3, -0.25) is 9.67 Å².